The Hall–Kier alpha value is -2.28. The Balaban J connectivity index is 2.00. The monoisotopic (exact) mass is 416 g/mol. The van der Waals surface area contributed by atoms with E-state index in [1.165, 1.54) is 11.3 Å². The van der Waals surface area contributed by atoms with E-state index in [2.05, 4.69) is 22.4 Å². The van der Waals surface area contributed by atoms with Gasteiger partial charge in [0.25, 0.3) is 0 Å². The van der Waals surface area contributed by atoms with Crippen molar-refractivity contribution in [1.82, 2.24) is 15.1 Å². The molecular formula is C22H32N4O2S. The van der Waals surface area contributed by atoms with Crippen molar-refractivity contribution in [2.45, 2.75) is 59.8 Å². The van der Waals surface area contributed by atoms with Gasteiger partial charge in [0.15, 0.2) is 0 Å². The van der Waals surface area contributed by atoms with Crippen LogP contribution >= 0.6 is 11.3 Å². The van der Waals surface area contributed by atoms with E-state index in [1.54, 1.807) is 4.90 Å². The molecule has 2 aromatic rings. The number of carbonyl (C=O) groups is 2. The van der Waals surface area contributed by atoms with E-state index in [4.69, 9.17) is 0 Å². The maximum atomic E-state index is 12.9. The second-order valence-corrected chi connectivity index (χ2v) is 8.31. The number of aryl methyl sites for hydroxylation is 1. The van der Waals surface area contributed by atoms with E-state index in [1.807, 2.05) is 45.0 Å². The van der Waals surface area contributed by atoms with Gasteiger partial charge in [0, 0.05) is 18.0 Å². The van der Waals surface area contributed by atoms with Gasteiger partial charge in [-0.1, -0.05) is 68.7 Å². The van der Waals surface area contributed by atoms with Gasteiger partial charge < -0.3 is 4.90 Å². The molecule has 0 saturated carbocycles. The molecule has 0 fully saturated rings. The number of benzene rings is 1. The Morgan fingerprint density at radius 3 is 2.62 bits per heavy atom. The number of carbonyl (C=O) groups excluding carboxylic acids is 2. The van der Waals surface area contributed by atoms with Gasteiger partial charge in [-0.2, -0.15) is 0 Å². The zero-order valence-electron chi connectivity index (χ0n) is 17.9. The molecule has 6 nitrogen and oxygen atoms in total. The van der Waals surface area contributed by atoms with Crippen molar-refractivity contribution in [2.24, 2.45) is 5.92 Å². The summed E-state index contributed by atoms with van der Waals surface area (Å²) >= 11 is 1.34. The molecule has 0 spiro atoms. The summed E-state index contributed by atoms with van der Waals surface area (Å²) in [6, 6.07) is 8.01. The highest BCUT2D eigenvalue weighted by Gasteiger charge is 2.24. The first kappa shape index (κ1) is 23.0. The maximum absolute atomic E-state index is 12.9. The third-order valence-corrected chi connectivity index (χ3v) is 5.71. The van der Waals surface area contributed by atoms with Gasteiger partial charge in [0.05, 0.1) is 6.54 Å². The summed E-state index contributed by atoms with van der Waals surface area (Å²) < 4.78 is 0. The van der Waals surface area contributed by atoms with Gasteiger partial charge in [-0.15, -0.1) is 10.2 Å². The molecule has 7 heteroatoms. The van der Waals surface area contributed by atoms with Gasteiger partial charge in [-0.05, 0) is 32.3 Å². The number of hydrogen-bond donors (Lipinski definition) is 1. The number of aromatic nitrogens is 2. The van der Waals surface area contributed by atoms with Gasteiger partial charge in [0.1, 0.15) is 5.01 Å². The van der Waals surface area contributed by atoms with Crippen LogP contribution in [-0.2, 0) is 9.59 Å². The smallest absolute Gasteiger partial charge is 0.245 e. The molecule has 1 N–H and O–H groups in total. The van der Waals surface area contributed by atoms with E-state index in [0.29, 0.717) is 11.7 Å². The Morgan fingerprint density at radius 1 is 1.17 bits per heavy atom. The van der Waals surface area contributed by atoms with Gasteiger partial charge in [-0.3, -0.25) is 14.9 Å². The second kappa shape index (κ2) is 11.7. The molecule has 1 unspecified atom stereocenters. The van der Waals surface area contributed by atoms with E-state index >= 15 is 0 Å². The van der Waals surface area contributed by atoms with Gasteiger partial charge in [-0.25, -0.2) is 0 Å². The first-order chi connectivity index (χ1) is 14.0. The molecule has 0 aliphatic carbocycles. The fourth-order valence-electron chi connectivity index (χ4n) is 3.25. The summed E-state index contributed by atoms with van der Waals surface area (Å²) in [5.74, 6) is -0.163. The molecule has 2 rings (SSSR count). The maximum Gasteiger partial charge on any atom is 0.245 e. The summed E-state index contributed by atoms with van der Waals surface area (Å²) in [6.45, 7) is 8.84. The molecule has 158 valence electrons. The van der Waals surface area contributed by atoms with Crippen LogP contribution in [0.15, 0.2) is 24.3 Å². The number of unbranched alkanes of at least 4 members (excludes halogenated alkanes) is 1. The van der Waals surface area contributed by atoms with Gasteiger partial charge in [0.2, 0.25) is 16.9 Å². The summed E-state index contributed by atoms with van der Waals surface area (Å²) in [6.07, 6.45) is 4.60. The van der Waals surface area contributed by atoms with Crippen molar-refractivity contribution in [3.8, 4) is 10.6 Å². The van der Waals surface area contributed by atoms with Crippen molar-refractivity contribution in [1.29, 1.82) is 0 Å². The molecule has 1 heterocycles. The van der Waals surface area contributed by atoms with Crippen LogP contribution < -0.4 is 5.32 Å². The van der Waals surface area contributed by atoms with Crippen molar-refractivity contribution in [3.05, 3.63) is 29.8 Å². The predicted molar refractivity (Wildman–Crippen MR) is 119 cm³/mol. The molecule has 29 heavy (non-hydrogen) atoms. The SMILES string of the molecule is CCCCC(CC)C(=O)N(CCC)CC(=O)Nc1nnc(-c2cccc(C)c2)s1. The molecule has 0 aliphatic heterocycles. The minimum Gasteiger partial charge on any atom is -0.333 e. The third-order valence-electron chi connectivity index (χ3n) is 4.82. The first-order valence-corrected chi connectivity index (χ1v) is 11.3. The number of amides is 2. The van der Waals surface area contributed by atoms with E-state index < -0.39 is 0 Å². The molecule has 1 aromatic carbocycles. The number of rotatable bonds is 11. The van der Waals surface area contributed by atoms with Crippen molar-refractivity contribution < 1.29 is 9.59 Å². The summed E-state index contributed by atoms with van der Waals surface area (Å²) in [7, 11) is 0. The topological polar surface area (TPSA) is 75.2 Å². The fourth-order valence-corrected chi connectivity index (χ4v) is 4.00. The average molecular weight is 417 g/mol. The van der Waals surface area contributed by atoms with Crippen LogP contribution in [0.1, 0.15) is 58.4 Å². The lowest BCUT2D eigenvalue weighted by molar-refractivity contribution is -0.138. The van der Waals surface area contributed by atoms with Crippen LogP contribution in [0.3, 0.4) is 0 Å². The van der Waals surface area contributed by atoms with E-state index in [-0.39, 0.29) is 24.3 Å². The molecule has 0 aliphatic rings. The van der Waals surface area contributed by atoms with Crippen LogP contribution in [0.5, 0.6) is 0 Å². The van der Waals surface area contributed by atoms with E-state index in [0.717, 1.165) is 48.2 Å². The average Bonchev–Trinajstić information content (AvgIpc) is 3.16. The Labute approximate surface area is 177 Å². The second-order valence-electron chi connectivity index (χ2n) is 7.34. The summed E-state index contributed by atoms with van der Waals surface area (Å²) in [4.78, 5) is 27.1. The molecular weight excluding hydrogens is 384 g/mol. The zero-order chi connectivity index (χ0) is 21.2. The number of hydrogen-bond acceptors (Lipinski definition) is 5. The number of nitrogens with zero attached hydrogens (tertiary/aromatic N) is 3. The number of anilines is 1. The van der Waals surface area contributed by atoms with Crippen molar-refractivity contribution in [2.75, 3.05) is 18.4 Å². The molecule has 0 bridgehead atoms. The Kier molecular flexibility index (Phi) is 9.25. The standard InChI is InChI=1S/C22H32N4O2S/c1-5-8-11-17(7-3)21(28)26(13-6-2)15-19(27)23-22-25-24-20(29-22)18-12-9-10-16(4)14-18/h9-10,12,14,17H,5-8,11,13,15H2,1-4H3,(H,23,25,27). The highest BCUT2D eigenvalue weighted by molar-refractivity contribution is 7.18. The first-order valence-electron chi connectivity index (χ1n) is 10.5. The molecule has 1 atom stereocenters. The van der Waals surface area contributed by atoms with E-state index in [9.17, 15) is 9.59 Å². The summed E-state index contributed by atoms with van der Waals surface area (Å²) in [5, 5.41) is 12.3. The zero-order valence-corrected chi connectivity index (χ0v) is 18.7. The van der Waals surface area contributed by atoms with Gasteiger partial charge >= 0.3 is 0 Å². The predicted octanol–water partition coefficient (Wildman–Crippen LogP) is 4.91. The van der Waals surface area contributed by atoms with Crippen molar-refractivity contribution >= 4 is 28.3 Å². The fraction of sp³-hybridized carbons (Fsp3) is 0.545. The van der Waals surface area contributed by atoms with Crippen LogP contribution in [0, 0.1) is 12.8 Å². The Morgan fingerprint density at radius 2 is 1.97 bits per heavy atom. The quantitative estimate of drug-likeness (QED) is 0.565. The van der Waals surface area contributed by atoms with Crippen molar-refractivity contribution in [3.63, 3.8) is 0 Å². The van der Waals surface area contributed by atoms with Crippen LogP contribution in [-0.4, -0.2) is 40.0 Å². The lowest BCUT2D eigenvalue weighted by atomic mass is 9.97. The molecule has 0 radical (unpaired) electrons. The molecule has 1 aromatic heterocycles. The molecule has 2 amide bonds. The van der Waals surface area contributed by atoms with Crippen LogP contribution in [0.2, 0.25) is 0 Å². The normalized spacial score (nSPS) is 11.9. The largest absolute Gasteiger partial charge is 0.333 e. The lowest BCUT2D eigenvalue weighted by Crippen LogP contribution is -2.41. The Bertz CT molecular complexity index is 806. The van der Waals surface area contributed by atoms with Crippen LogP contribution in [0.25, 0.3) is 10.6 Å². The third kappa shape index (κ3) is 6.92. The van der Waals surface area contributed by atoms with Crippen LogP contribution in [0.4, 0.5) is 5.13 Å². The number of nitrogens with one attached hydrogen (secondary N) is 1. The minimum atomic E-state index is -0.232. The lowest BCUT2D eigenvalue weighted by Gasteiger charge is -2.26. The summed E-state index contributed by atoms with van der Waals surface area (Å²) in [5.41, 5.74) is 2.12. The highest BCUT2D eigenvalue weighted by Crippen LogP contribution is 2.26. The molecule has 0 saturated heterocycles. The minimum absolute atomic E-state index is 0.0104. The highest BCUT2D eigenvalue weighted by atomic mass is 32.1.